The molecule has 3 heterocycles. The normalized spacial score (nSPS) is 12.7. The van der Waals surface area contributed by atoms with Crippen molar-refractivity contribution >= 4 is 40.4 Å². The molecule has 4 rings (SSSR count). The highest BCUT2D eigenvalue weighted by Crippen LogP contribution is 2.45. The number of anilines is 1. The van der Waals surface area contributed by atoms with Crippen molar-refractivity contribution in [2.45, 2.75) is 20.0 Å². The molecule has 3 aromatic rings. The van der Waals surface area contributed by atoms with Crippen molar-refractivity contribution in [1.29, 1.82) is 0 Å². The smallest absolute Gasteiger partial charge is 0.414 e. The van der Waals surface area contributed by atoms with Gasteiger partial charge >= 0.3 is 12.1 Å². The first-order valence-electron chi connectivity index (χ1n) is 9.03. The van der Waals surface area contributed by atoms with Crippen molar-refractivity contribution < 1.29 is 19.1 Å². The van der Waals surface area contributed by atoms with E-state index in [2.05, 4.69) is 0 Å². The van der Waals surface area contributed by atoms with Gasteiger partial charge in [-0.15, -0.1) is 22.7 Å². The van der Waals surface area contributed by atoms with Gasteiger partial charge in [0.05, 0.1) is 22.0 Å². The number of benzene rings is 1. The minimum absolute atomic E-state index is 0.241. The molecular weight excluding hydrogens is 394 g/mol. The van der Waals surface area contributed by atoms with Crippen LogP contribution in [0.15, 0.2) is 47.8 Å². The van der Waals surface area contributed by atoms with Gasteiger partial charge in [-0.05, 0) is 42.0 Å². The van der Waals surface area contributed by atoms with E-state index >= 15 is 0 Å². The second-order valence-corrected chi connectivity index (χ2v) is 8.23. The number of esters is 1. The summed E-state index contributed by atoms with van der Waals surface area (Å²) >= 11 is 2.99. The van der Waals surface area contributed by atoms with E-state index < -0.39 is 0 Å². The van der Waals surface area contributed by atoms with Crippen LogP contribution < -0.4 is 4.90 Å². The number of ether oxygens (including phenoxy) is 2. The second kappa shape index (κ2) is 8.16. The van der Waals surface area contributed by atoms with E-state index in [0.717, 1.165) is 26.6 Å². The standard InChI is InChI=1S/C21H19NO4S2/c1-2-25-20(23)17-12-15-8-10-22(16-9-11-27-19(16)18(15)28-17)21(24)26-13-14-6-4-3-5-7-14/h3-7,9,11-12H,2,8,10,13H2,1H3. The summed E-state index contributed by atoms with van der Waals surface area (Å²) in [6, 6.07) is 13.5. The molecule has 1 aliphatic rings. The third kappa shape index (κ3) is 3.68. The number of thiophene rings is 2. The molecule has 0 radical (unpaired) electrons. The fraction of sp³-hybridized carbons (Fsp3) is 0.238. The third-order valence-corrected chi connectivity index (χ3v) is 6.68. The Hall–Kier alpha value is -2.64. The Labute approximate surface area is 171 Å². The Balaban J connectivity index is 1.56. The van der Waals surface area contributed by atoms with Crippen LogP contribution >= 0.6 is 22.7 Å². The first-order valence-corrected chi connectivity index (χ1v) is 10.7. The number of hydrogen-bond acceptors (Lipinski definition) is 6. The largest absolute Gasteiger partial charge is 0.462 e. The number of carbonyl (C=O) groups excluding carboxylic acids is 2. The molecule has 0 atom stereocenters. The lowest BCUT2D eigenvalue weighted by Crippen LogP contribution is -2.32. The van der Waals surface area contributed by atoms with Crippen LogP contribution in [0.5, 0.6) is 0 Å². The van der Waals surface area contributed by atoms with Gasteiger partial charge in [0.15, 0.2) is 0 Å². The average molecular weight is 414 g/mol. The van der Waals surface area contributed by atoms with Gasteiger partial charge in [0, 0.05) is 6.54 Å². The van der Waals surface area contributed by atoms with Crippen molar-refractivity contribution in [2.24, 2.45) is 0 Å². The fourth-order valence-corrected chi connectivity index (χ4v) is 5.33. The maximum Gasteiger partial charge on any atom is 0.414 e. The zero-order valence-electron chi connectivity index (χ0n) is 15.3. The Morgan fingerprint density at radius 3 is 2.71 bits per heavy atom. The molecule has 2 aromatic heterocycles. The predicted molar refractivity (Wildman–Crippen MR) is 111 cm³/mol. The first kappa shape index (κ1) is 18.7. The number of rotatable bonds is 4. The Morgan fingerprint density at radius 2 is 1.93 bits per heavy atom. The van der Waals surface area contributed by atoms with Crippen LogP contribution in [0.4, 0.5) is 10.5 Å². The predicted octanol–water partition coefficient (Wildman–Crippen LogP) is 5.35. The molecule has 0 bridgehead atoms. The van der Waals surface area contributed by atoms with Crippen molar-refractivity contribution in [3.63, 3.8) is 0 Å². The molecule has 1 amide bonds. The summed E-state index contributed by atoms with van der Waals surface area (Å²) in [5, 5.41) is 1.96. The molecule has 5 nitrogen and oxygen atoms in total. The van der Waals surface area contributed by atoms with Crippen LogP contribution in [0.2, 0.25) is 0 Å². The lowest BCUT2D eigenvalue weighted by molar-refractivity contribution is 0.0532. The molecule has 1 aliphatic heterocycles. The minimum atomic E-state index is -0.357. The van der Waals surface area contributed by atoms with Gasteiger partial charge in [0.2, 0.25) is 0 Å². The van der Waals surface area contributed by atoms with Crippen LogP contribution in [0.3, 0.4) is 0 Å². The zero-order chi connectivity index (χ0) is 19.5. The molecule has 28 heavy (non-hydrogen) atoms. The SMILES string of the molecule is CCOC(=O)c1cc2c(s1)-c1sccc1N(C(=O)OCc1ccccc1)CC2. The second-order valence-electron chi connectivity index (χ2n) is 6.26. The summed E-state index contributed by atoms with van der Waals surface area (Å²) in [5.41, 5.74) is 2.85. The summed E-state index contributed by atoms with van der Waals surface area (Å²) in [6.07, 6.45) is 0.303. The molecule has 0 N–H and O–H groups in total. The van der Waals surface area contributed by atoms with E-state index in [1.807, 2.05) is 47.8 Å². The molecule has 0 aliphatic carbocycles. The zero-order valence-corrected chi connectivity index (χ0v) is 17.0. The Bertz CT molecular complexity index is 993. The van der Waals surface area contributed by atoms with Crippen LogP contribution in [0, 0.1) is 0 Å². The minimum Gasteiger partial charge on any atom is -0.462 e. The summed E-state index contributed by atoms with van der Waals surface area (Å²) < 4.78 is 10.7. The Morgan fingerprint density at radius 1 is 1.11 bits per heavy atom. The van der Waals surface area contributed by atoms with Gasteiger partial charge in [0.25, 0.3) is 0 Å². The van der Waals surface area contributed by atoms with Crippen molar-refractivity contribution in [1.82, 2.24) is 0 Å². The van der Waals surface area contributed by atoms with E-state index in [0.29, 0.717) is 24.4 Å². The first-order chi connectivity index (χ1) is 13.7. The summed E-state index contributed by atoms with van der Waals surface area (Å²) in [7, 11) is 0. The molecule has 0 saturated carbocycles. The summed E-state index contributed by atoms with van der Waals surface area (Å²) in [4.78, 5) is 29.2. The van der Waals surface area contributed by atoms with Crippen LogP contribution in [-0.2, 0) is 22.5 Å². The lowest BCUT2D eigenvalue weighted by atomic mass is 10.2. The molecule has 0 fully saturated rings. The van der Waals surface area contributed by atoms with E-state index in [4.69, 9.17) is 9.47 Å². The number of amides is 1. The molecule has 0 spiro atoms. The molecule has 1 aromatic carbocycles. The van der Waals surface area contributed by atoms with Crippen molar-refractivity contribution in [2.75, 3.05) is 18.1 Å². The molecular formula is C21H19NO4S2. The van der Waals surface area contributed by atoms with E-state index in [1.54, 1.807) is 23.2 Å². The maximum absolute atomic E-state index is 12.8. The van der Waals surface area contributed by atoms with Gasteiger partial charge in [-0.2, -0.15) is 0 Å². The number of fused-ring (bicyclic) bond motifs is 3. The number of carbonyl (C=O) groups is 2. The van der Waals surface area contributed by atoms with Gasteiger partial charge in [-0.1, -0.05) is 30.3 Å². The van der Waals surface area contributed by atoms with E-state index in [-0.39, 0.29) is 18.7 Å². The third-order valence-electron chi connectivity index (χ3n) is 4.46. The fourth-order valence-electron chi connectivity index (χ4n) is 3.13. The van der Waals surface area contributed by atoms with Crippen LogP contribution in [0.1, 0.15) is 27.7 Å². The quantitative estimate of drug-likeness (QED) is 0.541. The van der Waals surface area contributed by atoms with Gasteiger partial charge < -0.3 is 9.47 Å². The van der Waals surface area contributed by atoms with E-state index in [9.17, 15) is 9.59 Å². The average Bonchev–Trinajstić information content (AvgIpc) is 3.32. The lowest BCUT2D eigenvalue weighted by Gasteiger charge is -2.20. The highest BCUT2D eigenvalue weighted by molar-refractivity contribution is 7.23. The number of hydrogen-bond donors (Lipinski definition) is 0. The molecule has 7 heteroatoms. The molecule has 0 saturated heterocycles. The molecule has 144 valence electrons. The highest BCUT2D eigenvalue weighted by atomic mass is 32.1. The molecule has 0 unspecified atom stereocenters. The van der Waals surface area contributed by atoms with Crippen molar-refractivity contribution in [3.8, 4) is 9.75 Å². The maximum atomic E-state index is 12.8. The Kier molecular flexibility index (Phi) is 5.45. The van der Waals surface area contributed by atoms with Gasteiger partial charge in [0.1, 0.15) is 11.5 Å². The van der Waals surface area contributed by atoms with Gasteiger partial charge in [-0.3, -0.25) is 4.90 Å². The topological polar surface area (TPSA) is 55.8 Å². The monoisotopic (exact) mass is 413 g/mol. The van der Waals surface area contributed by atoms with E-state index in [1.165, 1.54) is 11.3 Å². The summed E-state index contributed by atoms with van der Waals surface area (Å²) in [5.74, 6) is -0.294. The van der Waals surface area contributed by atoms with Crippen molar-refractivity contribution in [3.05, 3.63) is 63.8 Å². The van der Waals surface area contributed by atoms with Gasteiger partial charge in [-0.25, -0.2) is 9.59 Å². The van der Waals surface area contributed by atoms with Crippen LogP contribution in [0.25, 0.3) is 9.75 Å². The number of nitrogens with zero attached hydrogens (tertiary/aromatic N) is 1. The van der Waals surface area contributed by atoms with Crippen LogP contribution in [-0.4, -0.2) is 25.2 Å². The summed E-state index contributed by atoms with van der Waals surface area (Å²) in [6.45, 7) is 2.90. The highest BCUT2D eigenvalue weighted by Gasteiger charge is 2.29.